The van der Waals surface area contributed by atoms with Gasteiger partial charge in [-0.1, -0.05) is 29.3 Å². The Morgan fingerprint density at radius 3 is 2.58 bits per heavy atom. The Balaban J connectivity index is 2.10. The number of hydrogen-bond acceptors (Lipinski definition) is 3. The number of carbonyl (C=O) groups is 2. The van der Waals surface area contributed by atoms with Crippen LogP contribution in [0.3, 0.4) is 0 Å². The van der Waals surface area contributed by atoms with E-state index in [1.54, 1.807) is 35.0 Å². The lowest BCUT2D eigenvalue weighted by Crippen LogP contribution is -2.53. The van der Waals surface area contributed by atoms with Gasteiger partial charge in [0.2, 0.25) is 5.91 Å². The fraction of sp³-hybridized carbons (Fsp3) is 0.579. The van der Waals surface area contributed by atoms with Crippen LogP contribution in [0.25, 0.3) is 0 Å². The lowest BCUT2D eigenvalue weighted by Gasteiger charge is -2.37. The summed E-state index contributed by atoms with van der Waals surface area (Å²) < 4.78 is 5.47. The van der Waals surface area contributed by atoms with Crippen molar-refractivity contribution in [1.29, 1.82) is 0 Å². The van der Waals surface area contributed by atoms with E-state index < -0.39 is 17.7 Å². The summed E-state index contributed by atoms with van der Waals surface area (Å²) in [6.07, 6.45) is 1.98. The van der Waals surface area contributed by atoms with Gasteiger partial charge in [-0.2, -0.15) is 0 Å². The van der Waals surface area contributed by atoms with Crippen LogP contribution in [0.4, 0.5) is 4.79 Å². The third kappa shape index (κ3) is 5.52. The molecule has 5 nitrogen and oxygen atoms in total. The van der Waals surface area contributed by atoms with Gasteiger partial charge in [0.15, 0.2) is 0 Å². The fourth-order valence-electron chi connectivity index (χ4n) is 2.97. The molecule has 2 rings (SSSR count). The molecule has 0 spiro atoms. The predicted octanol–water partition coefficient (Wildman–Crippen LogP) is 4.74. The van der Waals surface area contributed by atoms with E-state index in [4.69, 9.17) is 27.9 Å². The van der Waals surface area contributed by atoms with Crippen LogP contribution in [-0.4, -0.2) is 47.0 Å². The highest BCUT2D eigenvalue weighted by atomic mass is 35.5. The second kappa shape index (κ2) is 8.49. The van der Waals surface area contributed by atoms with Crippen LogP contribution >= 0.6 is 23.2 Å². The lowest BCUT2D eigenvalue weighted by atomic mass is 10.0. The molecule has 0 aliphatic carbocycles. The van der Waals surface area contributed by atoms with Crippen molar-refractivity contribution in [2.24, 2.45) is 0 Å². The zero-order chi connectivity index (χ0) is 19.5. The van der Waals surface area contributed by atoms with Crippen molar-refractivity contribution in [3.63, 3.8) is 0 Å². The topological polar surface area (TPSA) is 49.9 Å². The number of benzene rings is 1. The van der Waals surface area contributed by atoms with Gasteiger partial charge in [0.25, 0.3) is 0 Å². The van der Waals surface area contributed by atoms with Gasteiger partial charge in [-0.3, -0.25) is 9.69 Å². The third-order valence-corrected chi connectivity index (χ3v) is 4.80. The molecule has 1 aromatic carbocycles. The summed E-state index contributed by atoms with van der Waals surface area (Å²) in [7, 11) is 1.72. The van der Waals surface area contributed by atoms with E-state index in [0.717, 1.165) is 18.4 Å². The molecule has 0 saturated carbocycles. The second-order valence-electron chi connectivity index (χ2n) is 7.62. The van der Waals surface area contributed by atoms with Gasteiger partial charge < -0.3 is 9.64 Å². The van der Waals surface area contributed by atoms with Crippen molar-refractivity contribution >= 4 is 35.2 Å². The monoisotopic (exact) mass is 400 g/mol. The van der Waals surface area contributed by atoms with Crippen LogP contribution in [0.15, 0.2) is 18.2 Å². The molecular formula is C19H26Cl2N2O3. The number of ether oxygens (including phenoxy) is 1. The van der Waals surface area contributed by atoms with Crippen molar-refractivity contribution in [2.45, 2.75) is 58.2 Å². The van der Waals surface area contributed by atoms with Gasteiger partial charge in [0, 0.05) is 30.2 Å². The van der Waals surface area contributed by atoms with E-state index in [1.807, 2.05) is 20.8 Å². The third-order valence-electron chi connectivity index (χ3n) is 4.21. The molecule has 1 aliphatic rings. The highest BCUT2D eigenvalue weighted by Gasteiger charge is 2.36. The van der Waals surface area contributed by atoms with Gasteiger partial charge in [0.05, 0.1) is 0 Å². The van der Waals surface area contributed by atoms with E-state index in [1.165, 1.54) is 0 Å². The number of amides is 2. The van der Waals surface area contributed by atoms with Gasteiger partial charge in [-0.05, 0) is 57.7 Å². The van der Waals surface area contributed by atoms with Crippen LogP contribution < -0.4 is 0 Å². The highest BCUT2D eigenvalue weighted by molar-refractivity contribution is 6.35. The van der Waals surface area contributed by atoms with Gasteiger partial charge in [0.1, 0.15) is 11.6 Å². The average Bonchev–Trinajstić information content (AvgIpc) is 2.55. The largest absolute Gasteiger partial charge is 0.444 e. The molecule has 1 aromatic rings. The minimum Gasteiger partial charge on any atom is -0.444 e. The van der Waals surface area contributed by atoms with Crippen molar-refractivity contribution in [1.82, 2.24) is 9.80 Å². The van der Waals surface area contributed by atoms with Crippen LogP contribution in [0.1, 0.15) is 45.6 Å². The number of nitrogens with zero attached hydrogens (tertiary/aromatic N) is 2. The number of hydrogen-bond donors (Lipinski definition) is 0. The maximum absolute atomic E-state index is 13.0. The quantitative estimate of drug-likeness (QED) is 0.735. The van der Waals surface area contributed by atoms with Crippen LogP contribution in [0, 0.1) is 0 Å². The minimum absolute atomic E-state index is 0.110. The molecule has 0 unspecified atom stereocenters. The van der Waals surface area contributed by atoms with Crippen LogP contribution in [0.5, 0.6) is 0 Å². The first-order valence-electron chi connectivity index (χ1n) is 8.77. The van der Waals surface area contributed by atoms with Gasteiger partial charge in [-0.25, -0.2) is 4.79 Å². The zero-order valence-electron chi connectivity index (χ0n) is 15.7. The van der Waals surface area contributed by atoms with E-state index in [0.29, 0.717) is 29.6 Å². The molecular weight excluding hydrogens is 375 g/mol. The summed E-state index contributed by atoms with van der Waals surface area (Å²) in [5.41, 5.74) is 0.219. The van der Waals surface area contributed by atoms with E-state index in [2.05, 4.69) is 0 Å². The summed E-state index contributed by atoms with van der Waals surface area (Å²) in [5, 5.41) is 1.07. The average molecular weight is 401 g/mol. The van der Waals surface area contributed by atoms with E-state index in [9.17, 15) is 9.59 Å². The van der Waals surface area contributed by atoms with Crippen molar-refractivity contribution in [3.05, 3.63) is 33.8 Å². The van der Waals surface area contributed by atoms with Gasteiger partial charge >= 0.3 is 6.09 Å². The fourth-order valence-corrected chi connectivity index (χ4v) is 3.43. The first-order chi connectivity index (χ1) is 12.1. The van der Waals surface area contributed by atoms with Gasteiger partial charge in [-0.15, -0.1) is 0 Å². The smallest absolute Gasteiger partial charge is 0.410 e. The number of piperidine rings is 1. The molecule has 2 amide bonds. The second-order valence-corrected chi connectivity index (χ2v) is 8.46. The maximum atomic E-state index is 13.0. The Kier molecular flexibility index (Phi) is 6.80. The number of halogens is 2. The van der Waals surface area contributed by atoms with Crippen molar-refractivity contribution in [2.75, 3.05) is 13.6 Å². The Bertz CT molecular complexity index is 673. The first-order valence-corrected chi connectivity index (χ1v) is 9.52. The van der Waals surface area contributed by atoms with E-state index >= 15 is 0 Å². The molecule has 0 N–H and O–H groups in total. The van der Waals surface area contributed by atoms with Crippen LogP contribution in [-0.2, 0) is 16.1 Å². The summed E-state index contributed by atoms with van der Waals surface area (Å²) >= 11 is 12.1. The standard InChI is InChI=1S/C19H26Cl2N2O3/c1-19(2,3)26-18(25)23-10-6-5-7-16(23)17(24)22(4)12-13-8-9-14(20)11-15(13)21/h8-9,11,16H,5-7,10,12H2,1-4H3/t16-/m0/s1. The normalized spacial score (nSPS) is 17.8. The molecule has 0 bridgehead atoms. The molecule has 1 atom stereocenters. The zero-order valence-corrected chi connectivity index (χ0v) is 17.2. The molecule has 144 valence electrons. The summed E-state index contributed by atoms with van der Waals surface area (Å²) in [4.78, 5) is 28.6. The molecule has 1 fully saturated rings. The number of likely N-dealkylation sites (tertiary alicyclic amines) is 1. The molecule has 7 heteroatoms. The molecule has 26 heavy (non-hydrogen) atoms. The maximum Gasteiger partial charge on any atom is 0.410 e. The van der Waals surface area contributed by atoms with E-state index in [-0.39, 0.29) is 5.91 Å². The molecule has 1 heterocycles. The Hall–Kier alpha value is -1.46. The SMILES string of the molecule is CN(Cc1ccc(Cl)cc1Cl)C(=O)[C@@H]1CCCCN1C(=O)OC(C)(C)C. The molecule has 1 aliphatic heterocycles. The minimum atomic E-state index is -0.592. The summed E-state index contributed by atoms with van der Waals surface area (Å²) in [6, 6.07) is 4.70. The highest BCUT2D eigenvalue weighted by Crippen LogP contribution is 2.25. The summed E-state index contributed by atoms with van der Waals surface area (Å²) in [6.45, 7) is 6.34. The Labute approximate surface area is 165 Å². The Morgan fingerprint density at radius 1 is 1.27 bits per heavy atom. The van der Waals surface area contributed by atoms with Crippen molar-refractivity contribution in [3.8, 4) is 0 Å². The summed E-state index contributed by atoms with van der Waals surface area (Å²) in [5.74, 6) is -0.110. The number of likely N-dealkylation sites (N-methyl/N-ethyl adjacent to an activating group) is 1. The molecule has 0 radical (unpaired) electrons. The first kappa shape index (κ1) is 20.8. The molecule has 1 saturated heterocycles. The predicted molar refractivity (Wildman–Crippen MR) is 104 cm³/mol. The Morgan fingerprint density at radius 2 is 1.96 bits per heavy atom. The van der Waals surface area contributed by atoms with Crippen molar-refractivity contribution < 1.29 is 14.3 Å². The molecule has 0 aromatic heterocycles. The lowest BCUT2D eigenvalue weighted by molar-refractivity contribution is -0.137. The number of rotatable bonds is 3. The number of carbonyl (C=O) groups excluding carboxylic acids is 2. The van der Waals surface area contributed by atoms with Crippen LogP contribution in [0.2, 0.25) is 10.0 Å².